The summed E-state index contributed by atoms with van der Waals surface area (Å²) in [4.78, 5) is 10.3. The smallest absolute Gasteiger partial charge is 0.305 e. The summed E-state index contributed by atoms with van der Waals surface area (Å²) in [6, 6.07) is 9.69. The molecular formula is C12H16O4. The topological polar surface area (TPSA) is 66.8 Å². The normalized spacial score (nSPS) is 12.3. The third-order valence-corrected chi connectivity index (χ3v) is 2.12. The Bertz CT molecular complexity index is 310. The van der Waals surface area contributed by atoms with Crippen LogP contribution in [-0.4, -0.2) is 28.9 Å². The van der Waals surface area contributed by atoms with Crippen LogP contribution in [0.5, 0.6) is 0 Å². The van der Waals surface area contributed by atoms with E-state index in [-0.39, 0.29) is 6.42 Å². The molecule has 1 aromatic rings. The van der Waals surface area contributed by atoms with Gasteiger partial charge in [0.2, 0.25) is 0 Å². The third kappa shape index (κ3) is 5.48. The Hall–Kier alpha value is -1.39. The van der Waals surface area contributed by atoms with Gasteiger partial charge in [-0.3, -0.25) is 4.79 Å². The van der Waals surface area contributed by atoms with Crippen molar-refractivity contribution in [3.05, 3.63) is 35.9 Å². The number of aliphatic hydroxyl groups excluding tert-OH is 1. The van der Waals surface area contributed by atoms with E-state index in [1.165, 1.54) is 0 Å². The zero-order valence-electron chi connectivity index (χ0n) is 9.00. The lowest BCUT2D eigenvalue weighted by atomic mass is 10.2. The maximum absolute atomic E-state index is 10.3. The van der Waals surface area contributed by atoms with Crippen molar-refractivity contribution in [2.24, 2.45) is 0 Å². The summed E-state index contributed by atoms with van der Waals surface area (Å²) in [5, 5.41) is 17.7. The predicted octanol–water partition coefficient (Wildman–Crippen LogP) is 1.43. The molecule has 88 valence electrons. The Balaban J connectivity index is 2.10. The van der Waals surface area contributed by atoms with Crippen molar-refractivity contribution in [1.82, 2.24) is 0 Å². The maximum atomic E-state index is 10.3. The highest BCUT2D eigenvalue weighted by molar-refractivity contribution is 5.67. The second-order valence-electron chi connectivity index (χ2n) is 3.58. The molecule has 2 N–H and O–H groups in total. The SMILES string of the molecule is O=C(O)C[C@H](O)CCOCc1ccccc1. The van der Waals surface area contributed by atoms with Crippen molar-refractivity contribution >= 4 is 5.97 Å². The van der Waals surface area contributed by atoms with Gasteiger partial charge >= 0.3 is 5.97 Å². The van der Waals surface area contributed by atoms with Crippen LogP contribution in [0, 0.1) is 0 Å². The van der Waals surface area contributed by atoms with Gasteiger partial charge in [0.25, 0.3) is 0 Å². The van der Waals surface area contributed by atoms with E-state index in [4.69, 9.17) is 9.84 Å². The first kappa shape index (κ1) is 12.7. The summed E-state index contributed by atoms with van der Waals surface area (Å²) >= 11 is 0. The summed E-state index contributed by atoms with van der Waals surface area (Å²) in [6.07, 6.45) is -0.707. The van der Waals surface area contributed by atoms with Crippen LogP contribution in [0.25, 0.3) is 0 Å². The zero-order valence-corrected chi connectivity index (χ0v) is 9.00. The van der Waals surface area contributed by atoms with Gasteiger partial charge in [-0.2, -0.15) is 0 Å². The van der Waals surface area contributed by atoms with Crippen molar-refractivity contribution in [1.29, 1.82) is 0 Å². The lowest BCUT2D eigenvalue weighted by molar-refractivity contribution is -0.139. The summed E-state index contributed by atoms with van der Waals surface area (Å²) in [7, 11) is 0. The van der Waals surface area contributed by atoms with Crippen LogP contribution in [0.15, 0.2) is 30.3 Å². The van der Waals surface area contributed by atoms with Crippen molar-refractivity contribution < 1.29 is 19.7 Å². The molecule has 0 fully saturated rings. The van der Waals surface area contributed by atoms with Crippen molar-refractivity contribution in [2.75, 3.05) is 6.61 Å². The molecule has 4 heteroatoms. The quantitative estimate of drug-likeness (QED) is 0.687. The van der Waals surface area contributed by atoms with E-state index in [0.29, 0.717) is 19.6 Å². The minimum Gasteiger partial charge on any atom is -0.481 e. The van der Waals surface area contributed by atoms with Crippen LogP contribution in [0.2, 0.25) is 0 Å². The number of aliphatic hydroxyl groups is 1. The number of hydrogen-bond acceptors (Lipinski definition) is 3. The number of carboxylic acid groups (broad SMARTS) is 1. The fourth-order valence-electron chi connectivity index (χ4n) is 1.29. The molecule has 0 aliphatic rings. The number of rotatable bonds is 7. The zero-order chi connectivity index (χ0) is 11.8. The lowest BCUT2D eigenvalue weighted by Gasteiger charge is -2.08. The summed E-state index contributed by atoms with van der Waals surface area (Å²) in [6.45, 7) is 0.851. The molecule has 0 radical (unpaired) electrons. The van der Waals surface area contributed by atoms with Crippen LogP contribution < -0.4 is 0 Å². The molecule has 4 nitrogen and oxygen atoms in total. The molecule has 1 aromatic carbocycles. The van der Waals surface area contributed by atoms with Crippen LogP contribution >= 0.6 is 0 Å². The van der Waals surface area contributed by atoms with Gasteiger partial charge in [-0.1, -0.05) is 30.3 Å². The molecule has 0 saturated carbocycles. The molecule has 16 heavy (non-hydrogen) atoms. The molecule has 1 rings (SSSR count). The first-order valence-corrected chi connectivity index (χ1v) is 5.20. The van der Waals surface area contributed by atoms with E-state index in [0.717, 1.165) is 5.56 Å². The van der Waals surface area contributed by atoms with E-state index in [1.54, 1.807) is 0 Å². The minimum absolute atomic E-state index is 0.227. The first-order valence-electron chi connectivity index (χ1n) is 5.20. The first-order chi connectivity index (χ1) is 7.68. The van der Waals surface area contributed by atoms with Gasteiger partial charge in [0.1, 0.15) is 0 Å². The molecule has 0 unspecified atom stereocenters. The monoisotopic (exact) mass is 224 g/mol. The summed E-state index contributed by atoms with van der Waals surface area (Å²) in [5.41, 5.74) is 1.07. The minimum atomic E-state index is -0.990. The molecular weight excluding hydrogens is 208 g/mol. The van der Waals surface area contributed by atoms with Gasteiger partial charge in [-0.05, 0) is 12.0 Å². The lowest BCUT2D eigenvalue weighted by Crippen LogP contribution is -2.15. The van der Waals surface area contributed by atoms with Gasteiger partial charge < -0.3 is 14.9 Å². The molecule has 0 heterocycles. The molecule has 0 aliphatic heterocycles. The van der Waals surface area contributed by atoms with E-state index in [1.807, 2.05) is 30.3 Å². The van der Waals surface area contributed by atoms with Crippen LogP contribution in [0.4, 0.5) is 0 Å². The number of benzene rings is 1. The van der Waals surface area contributed by atoms with E-state index in [9.17, 15) is 9.90 Å². The van der Waals surface area contributed by atoms with Crippen LogP contribution in [-0.2, 0) is 16.1 Å². The second-order valence-corrected chi connectivity index (χ2v) is 3.58. The fraction of sp³-hybridized carbons (Fsp3) is 0.417. The number of carboxylic acids is 1. The number of ether oxygens (including phenoxy) is 1. The Morgan fingerprint density at radius 3 is 2.62 bits per heavy atom. The van der Waals surface area contributed by atoms with Gasteiger partial charge in [-0.15, -0.1) is 0 Å². The average Bonchev–Trinajstić information content (AvgIpc) is 2.25. The highest BCUT2D eigenvalue weighted by Crippen LogP contribution is 2.03. The summed E-state index contributed by atoms with van der Waals surface area (Å²) in [5.74, 6) is -0.990. The number of aliphatic carboxylic acids is 1. The molecule has 0 saturated heterocycles. The van der Waals surface area contributed by atoms with Crippen molar-refractivity contribution in [2.45, 2.75) is 25.6 Å². The van der Waals surface area contributed by atoms with Gasteiger partial charge in [0.05, 0.1) is 19.1 Å². The van der Waals surface area contributed by atoms with E-state index >= 15 is 0 Å². The Morgan fingerprint density at radius 2 is 2.00 bits per heavy atom. The van der Waals surface area contributed by atoms with E-state index < -0.39 is 12.1 Å². The Labute approximate surface area is 94.5 Å². The van der Waals surface area contributed by atoms with Crippen molar-refractivity contribution in [3.8, 4) is 0 Å². The molecule has 0 bridgehead atoms. The fourth-order valence-corrected chi connectivity index (χ4v) is 1.29. The molecule has 1 atom stereocenters. The van der Waals surface area contributed by atoms with Gasteiger partial charge in [0, 0.05) is 6.61 Å². The number of carbonyl (C=O) groups is 1. The Kier molecular flexibility index (Phi) is 5.53. The highest BCUT2D eigenvalue weighted by Gasteiger charge is 2.08. The van der Waals surface area contributed by atoms with Crippen molar-refractivity contribution in [3.63, 3.8) is 0 Å². The van der Waals surface area contributed by atoms with E-state index in [2.05, 4.69) is 0 Å². The standard InChI is InChI=1S/C12H16O4/c13-11(8-12(14)15)6-7-16-9-10-4-2-1-3-5-10/h1-5,11,13H,6-9H2,(H,14,15)/t11-/m1/s1. The highest BCUT2D eigenvalue weighted by atomic mass is 16.5. The molecule has 0 amide bonds. The van der Waals surface area contributed by atoms with Gasteiger partial charge in [0.15, 0.2) is 0 Å². The van der Waals surface area contributed by atoms with Crippen LogP contribution in [0.3, 0.4) is 0 Å². The molecule has 0 aliphatic carbocycles. The third-order valence-electron chi connectivity index (χ3n) is 2.12. The Morgan fingerprint density at radius 1 is 1.31 bits per heavy atom. The number of hydrogen-bond donors (Lipinski definition) is 2. The van der Waals surface area contributed by atoms with Gasteiger partial charge in [-0.25, -0.2) is 0 Å². The van der Waals surface area contributed by atoms with Crippen LogP contribution in [0.1, 0.15) is 18.4 Å². The predicted molar refractivity (Wildman–Crippen MR) is 59.0 cm³/mol. The second kappa shape index (κ2) is 6.98. The largest absolute Gasteiger partial charge is 0.481 e. The molecule has 0 aromatic heterocycles. The maximum Gasteiger partial charge on any atom is 0.305 e. The average molecular weight is 224 g/mol. The molecule has 0 spiro atoms. The summed E-state index contributed by atoms with van der Waals surface area (Å²) < 4.78 is 5.32.